The predicted molar refractivity (Wildman–Crippen MR) is 79.7 cm³/mol. The van der Waals surface area contributed by atoms with Gasteiger partial charge in [-0.1, -0.05) is 31.5 Å². The molecule has 2 nitrogen and oxygen atoms in total. The minimum atomic E-state index is 0.552. The lowest BCUT2D eigenvalue weighted by atomic mass is 10.0. The number of nitrogens with zero attached hydrogens (tertiary/aromatic N) is 1. The number of piperidine rings is 1. The number of benzene rings is 1. The zero-order chi connectivity index (χ0) is 13.1. The van der Waals surface area contributed by atoms with Crippen molar-refractivity contribution in [2.45, 2.75) is 45.7 Å². The van der Waals surface area contributed by atoms with Gasteiger partial charge in [0.05, 0.1) is 0 Å². The molecule has 1 aromatic rings. The molecule has 1 N–H and O–H groups in total. The maximum absolute atomic E-state index is 6.21. The van der Waals surface area contributed by atoms with E-state index in [4.69, 9.17) is 11.6 Å². The van der Waals surface area contributed by atoms with Crippen LogP contribution in [0.25, 0.3) is 0 Å². The summed E-state index contributed by atoms with van der Waals surface area (Å²) in [6.07, 6.45) is 2.52. The van der Waals surface area contributed by atoms with Crippen LogP contribution < -0.4 is 10.2 Å². The fourth-order valence-electron chi connectivity index (χ4n) is 2.60. The van der Waals surface area contributed by atoms with Crippen molar-refractivity contribution >= 4 is 17.3 Å². The van der Waals surface area contributed by atoms with E-state index in [1.165, 1.54) is 18.5 Å². The Kier molecular flexibility index (Phi) is 4.52. The third kappa shape index (κ3) is 3.39. The zero-order valence-electron chi connectivity index (χ0n) is 11.5. The van der Waals surface area contributed by atoms with Crippen molar-refractivity contribution in [3.8, 4) is 0 Å². The number of rotatable bonds is 3. The molecule has 0 amide bonds. The summed E-state index contributed by atoms with van der Waals surface area (Å²) in [7, 11) is 0. The first-order valence-electron chi connectivity index (χ1n) is 6.83. The lowest BCUT2D eigenvalue weighted by Gasteiger charge is -2.36. The van der Waals surface area contributed by atoms with E-state index >= 15 is 0 Å². The molecular formula is C15H23ClN2. The smallest absolute Gasteiger partial charge is 0.0455 e. The average molecular weight is 267 g/mol. The fraction of sp³-hybridized carbons (Fsp3) is 0.600. The van der Waals surface area contributed by atoms with Gasteiger partial charge in [0.15, 0.2) is 0 Å². The van der Waals surface area contributed by atoms with Crippen LogP contribution in [0.5, 0.6) is 0 Å². The lowest BCUT2D eigenvalue weighted by molar-refractivity contribution is 0.395. The van der Waals surface area contributed by atoms with Crippen molar-refractivity contribution in [2.75, 3.05) is 18.0 Å². The van der Waals surface area contributed by atoms with Crippen molar-refractivity contribution in [1.29, 1.82) is 0 Å². The maximum atomic E-state index is 6.21. The second kappa shape index (κ2) is 5.94. The lowest BCUT2D eigenvalue weighted by Crippen LogP contribution is -2.47. The van der Waals surface area contributed by atoms with Crippen molar-refractivity contribution in [3.05, 3.63) is 28.8 Å². The summed E-state index contributed by atoms with van der Waals surface area (Å²) < 4.78 is 0. The molecule has 3 heteroatoms. The normalized spacial score (nSPS) is 20.5. The summed E-state index contributed by atoms with van der Waals surface area (Å²) in [6.45, 7) is 8.68. The molecule has 0 spiro atoms. The molecule has 1 heterocycles. The molecule has 1 aromatic carbocycles. The summed E-state index contributed by atoms with van der Waals surface area (Å²) in [5.74, 6) is 0. The van der Waals surface area contributed by atoms with Crippen LogP contribution in [0.2, 0.25) is 5.02 Å². The van der Waals surface area contributed by atoms with E-state index in [0.29, 0.717) is 12.1 Å². The summed E-state index contributed by atoms with van der Waals surface area (Å²) in [5, 5.41) is 4.50. The topological polar surface area (TPSA) is 15.3 Å². The molecule has 0 bridgehead atoms. The fourth-order valence-corrected chi connectivity index (χ4v) is 2.77. The molecule has 100 valence electrons. The standard InChI is InChI=1S/C15H23ClN2/c1-11(2)17-13-5-4-8-18(10-13)14-7-6-12(3)15(16)9-14/h6-7,9,11,13,17H,4-5,8,10H2,1-3H3. The van der Waals surface area contributed by atoms with Crippen LogP contribution in [-0.2, 0) is 0 Å². The summed E-state index contributed by atoms with van der Waals surface area (Å²) in [6, 6.07) is 7.53. The summed E-state index contributed by atoms with van der Waals surface area (Å²) >= 11 is 6.21. The highest BCUT2D eigenvalue weighted by atomic mass is 35.5. The van der Waals surface area contributed by atoms with E-state index in [0.717, 1.165) is 23.7 Å². The van der Waals surface area contributed by atoms with Crippen LogP contribution in [0.15, 0.2) is 18.2 Å². The maximum Gasteiger partial charge on any atom is 0.0455 e. The first-order chi connectivity index (χ1) is 8.56. The predicted octanol–water partition coefficient (Wildman–Crippen LogP) is 3.62. The van der Waals surface area contributed by atoms with Gasteiger partial charge in [-0.05, 0) is 37.5 Å². The summed E-state index contributed by atoms with van der Waals surface area (Å²) in [4.78, 5) is 2.44. The Labute approximate surface area is 115 Å². The monoisotopic (exact) mass is 266 g/mol. The molecule has 18 heavy (non-hydrogen) atoms. The average Bonchev–Trinajstić information content (AvgIpc) is 2.32. The Bertz CT molecular complexity index is 403. The second-order valence-electron chi connectivity index (χ2n) is 5.54. The molecule has 1 saturated heterocycles. The largest absolute Gasteiger partial charge is 0.370 e. The molecule has 1 unspecified atom stereocenters. The van der Waals surface area contributed by atoms with E-state index in [1.807, 2.05) is 6.92 Å². The van der Waals surface area contributed by atoms with E-state index in [9.17, 15) is 0 Å². The first-order valence-corrected chi connectivity index (χ1v) is 7.21. The van der Waals surface area contributed by atoms with Crippen LogP contribution in [0.3, 0.4) is 0 Å². The third-order valence-electron chi connectivity index (χ3n) is 3.51. The molecular weight excluding hydrogens is 244 g/mol. The minimum Gasteiger partial charge on any atom is -0.370 e. The van der Waals surface area contributed by atoms with Crippen LogP contribution in [-0.4, -0.2) is 25.2 Å². The Balaban J connectivity index is 2.05. The third-order valence-corrected chi connectivity index (χ3v) is 3.92. The summed E-state index contributed by atoms with van der Waals surface area (Å²) in [5.41, 5.74) is 2.40. The van der Waals surface area contributed by atoms with Crippen LogP contribution in [0.1, 0.15) is 32.3 Å². The van der Waals surface area contributed by atoms with Crippen LogP contribution in [0, 0.1) is 6.92 Å². The molecule has 1 aliphatic rings. The van der Waals surface area contributed by atoms with E-state index in [-0.39, 0.29) is 0 Å². The Morgan fingerprint density at radius 3 is 2.83 bits per heavy atom. The van der Waals surface area contributed by atoms with Gasteiger partial charge in [-0.25, -0.2) is 0 Å². The second-order valence-corrected chi connectivity index (χ2v) is 5.95. The number of nitrogens with one attached hydrogen (secondary N) is 1. The van der Waals surface area contributed by atoms with Gasteiger partial charge >= 0.3 is 0 Å². The van der Waals surface area contributed by atoms with Gasteiger partial charge in [-0.15, -0.1) is 0 Å². The highest BCUT2D eigenvalue weighted by Crippen LogP contribution is 2.25. The van der Waals surface area contributed by atoms with E-state index < -0.39 is 0 Å². The molecule has 1 atom stereocenters. The Morgan fingerprint density at radius 2 is 2.17 bits per heavy atom. The molecule has 0 aromatic heterocycles. The number of hydrogen-bond acceptors (Lipinski definition) is 2. The molecule has 1 fully saturated rings. The highest BCUT2D eigenvalue weighted by Gasteiger charge is 2.20. The number of anilines is 1. The van der Waals surface area contributed by atoms with Gasteiger partial charge < -0.3 is 10.2 Å². The number of halogens is 1. The highest BCUT2D eigenvalue weighted by molar-refractivity contribution is 6.31. The van der Waals surface area contributed by atoms with Gasteiger partial charge in [0, 0.05) is 35.9 Å². The van der Waals surface area contributed by atoms with E-state index in [2.05, 4.69) is 42.3 Å². The SMILES string of the molecule is Cc1ccc(N2CCCC(NC(C)C)C2)cc1Cl. The van der Waals surface area contributed by atoms with E-state index in [1.54, 1.807) is 0 Å². The van der Waals surface area contributed by atoms with Gasteiger partial charge in [0.1, 0.15) is 0 Å². The quantitative estimate of drug-likeness (QED) is 0.899. The Morgan fingerprint density at radius 1 is 1.39 bits per heavy atom. The molecule has 0 aliphatic carbocycles. The van der Waals surface area contributed by atoms with Gasteiger partial charge in [-0.3, -0.25) is 0 Å². The first kappa shape index (κ1) is 13.7. The number of aryl methyl sites for hydroxylation is 1. The van der Waals surface area contributed by atoms with Crippen LogP contribution >= 0.6 is 11.6 Å². The van der Waals surface area contributed by atoms with Crippen molar-refractivity contribution in [3.63, 3.8) is 0 Å². The molecule has 1 aliphatic heterocycles. The van der Waals surface area contributed by atoms with Crippen molar-refractivity contribution < 1.29 is 0 Å². The zero-order valence-corrected chi connectivity index (χ0v) is 12.3. The molecule has 0 radical (unpaired) electrons. The Hall–Kier alpha value is -0.730. The van der Waals surface area contributed by atoms with Crippen molar-refractivity contribution in [2.24, 2.45) is 0 Å². The van der Waals surface area contributed by atoms with Gasteiger partial charge in [-0.2, -0.15) is 0 Å². The van der Waals surface area contributed by atoms with Crippen LogP contribution in [0.4, 0.5) is 5.69 Å². The van der Waals surface area contributed by atoms with Crippen molar-refractivity contribution in [1.82, 2.24) is 5.32 Å². The van der Waals surface area contributed by atoms with Gasteiger partial charge in [0.2, 0.25) is 0 Å². The number of hydrogen-bond donors (Lipinski definition) is 1. The molecule has 0 saturated carbocycles. The molecule has 2 rings (SSSR count). The van der Waals surface area contributed by atoms with Gasteiger partial charge in [0.25, 0.3) is 0 Å². The minimum absolute atomic E-state index is 0.552.